The number of nitrogens with zero attached hydrogens (tertiary/aromatic N) is 1. The molecule has 0 aliphatic carbocycles. The molecule has 3 heteroatoms. The van der Waals surface area contributed by atoms with E-state index in [0.717, 1.165) is 12.5 Å². The van der Waals surface area contributed by atoms with Crippen LogP contribution < -0.4 is 5.32 Å². The maximum absolute atomic E-state index is 5.89. The van der Waals surface area contributed by atoms with Gasteiger partial charge in [0, 0.05) is 25.7 Å². The topological polar surface area (TPSA) is 24.5 Å². The van der Waals surface area contributed by atoms with E-state index in [-0.39, 0.29) is 0 Å². The maximum atomic E-state index is 5.89. The fourth-order valence-electron chi connectivity index (χ4n) is 3.42. The van der Waals surface area contributed by atoms with Crippen LogP contribution in [-0.4, -0.2) is 42.9 Å². The fraction of sp³-hybridized carbons (Fsp3) is 1.00. The zero-order valence-corrected chi connectivity index (χ0v) is 8.91. The fourth-order valence-corrected chi connectivity index (χ4v) is 3.42. The van der Waals surface area contributed by atoms with Crippen LogP contribution in [0.4, 0.5) is 0 Å². The number of nitrogens with one attached hydrogen (secondary N) is 1. The van der Waals surface area contributed by atoms with Gasteiger partial charge in [-0.15, -0.1) is 0 Å². The predicted octanol–water partition coefficient (Wildman–Crippen LogP) is 0.805. The molecule has 3 unspecified atom stereocenters. The minimum absolute atomic E-state index is 0.523. The predicted molar refractivity (Wildman–Crippen MR) is 55.0 cm³/mol. The monoisotopic (exact) mass is 196 g/mol. The molecule has 0 aromatic rings. The van der Waals surface area contributed by atoms with Crippen LogP contribution in [0, 0.1) is 5.92 Å². The summed E-state index contributed by atoms with van der Waals surface area (Å²) >= 11 is 0. The van der Waals surface area contributed by atoms with Crippen LogP contribution >= 0.6 is 0 Å². The Hall–Kier alpha value is -0.120. The lowest BCUT2D eigenvalue weighted by molar-refractivity contribution is -0.108. The summed E-state index contributed by atoms with van der Waals surface area (Å²) in [5, 5.41) is 3.58. The highest BCUT2D eigenvalue weighted by Crippen LogP contribution is 2.34. The Morgan fingerprint density at radius 3 is 3.14 bits per heavy atom. The van der Waals surface area contributed by atoms with Crippen molar-refractivity contribution in [3.63, 3.8) is 0 Å². The summed E-state index contributed by atoms with van der Waals surface area (Å²) in [7, 11) is 0. The van der Waals surface area contributed by atoms with Crippen molar-refractivity contribution in [1.29, 1.82) is 0 Å². The summed E-state index contributed by atoms with van der Waals surface area (Å²) in [5.41, 5.74) is 0. The van der Waals surface area contributed by atoms with Gasteiger partial charge in [0.1, 0.15) is 0 Å². The lowest BCUT2D eigenvalue weighted by atomic mass is 9.84. The molecule has 14 heavy (non-hydrogen) atoms. The van der Waals surface area contributed by atoms with Crippen LogP contribution in [0.2, 0.25) is 0 Å². The molecule has 0 radical (unpaired) electrons. The van der Waals surface area contributed by atoms with Crippen molar-refractivity contribution in [2.45, 2.75) is 44.5 Å². The molecule has 3 heterocycles. The Morgan fingerprint density at radius 2 is 2.21 bits per heavy atom. The number of hydrogen-bond donors (Lipinski definition) is 1. The number of fused-ring (bicyclic) bond motifs is 3. The molecule has 3 saturated heterocycles. The summed E-state index contributed by atoms with van der Waals surface area (Å²) in [5.74, 6) is 0.816. The number of ether oxygens (including phenoxy) is 1. The molecule has 3 aliphatic heterocycles. The van der Waals surface area contributed by atoms with Crippen LogP contribution in [0.5, 0.6) is 0 Å². The summed E-state index contributed by atoms with van der Waals surface area (Å²) in [4.78, 5) is 2.65. The third kappa shape index (κ3) is 1.30. The first-order valence-corrected chi connectivity index (χ1v) is 5.97. The van der Waals surface area contributed by atoms with Gasteiger partial charge in [-0.1, -0.05) is 6.92 Å². The molecule has 3 nitrogen and oxygen atoms in total. The average Bonchev–Trinajstić information content (AvgIpc) is 2.65. The Balaban J connectivity index is 1.81. The molecule has 0 saturated carbocycles. The molecule has 4 atom stereocenters. The number of hydrogen-bond acceptors (Lipinski definition) is 3. The van der Waals surface area contributed by atoms with E-state index in [2.05, 4.69) is 17.1 Å². The first-order chi connectivity index (χ1) is 6.86. The zero-order valence-electron chi connectivity index (χ0n) is 8.91. The Morgan fingerprint density at radius 1 is 1.29 bits per heavy atom. The molecule has 0 aromatic heterocycles. The molecule has 0 aromatic carbocycles. The van der Waals surface area contributed by atoms with Gasteiger partial charge in [-0.3, -0.25) is 4.90 Å². The molecule has 3 aliphatic rings. The van der Waals surface area contributed by atoms with Crippen LogP contribution in [0.1, 0.15) is 26.2 Å². The van der Waals surface area contributed by atoms with Gasteiger partial charge in [-0.05, 0) is 25.2 Å². The molecule has 3 rings (SSSR count). The molecule has 3 fully saturated rings. The minimum Gasteiger partial charge on any atom is -0.377 e. The van der Waals surface area contributed by atoms with Crippen LogP contribution in [0.25, 0.3) is 0 Å². The van der Waals surface area contributed by atoms with Gasteiger partial charge in [0.2, 0.25) is 0 Å². The minimum atomic E-state index is 0.523. The summed E-state index contributed by atoms with van der Waals surface area (Å²) in [6.07, 6.45) is 4.94. The number of piperidine rings is 1. The van der Waals surface area contributed by atoms with Crippen molar-refractivity contribution < 1.29 is 4.74 Å². The van der Waals surface area contributed by atoms with E-state index in [9.17, 15) is 0 Å². The van der Waals surface area contributed by atoms with E-state index < -0.39 is 0 Å². The van der Waals surface area contributed by atoms with Crippen molar-refractivity contribution >= 4 is 0 Å². The Labute approximate surface area is 85.8 Å². The third-order valence-electron chi connectivity index (χ3n) is 4.13. The van der Waals surface area contributed by atoms with Gasteiger partial charge >= 0.3 is 0 Å². The zero-order chi connectivity index (χ0) is 9.54. The molecule has 0 amide bonds. The lowest BCUT2D eigenvalue weighted by Gasteiger charge is -2.48. The van der Waals surface area contributed by atoms with Crippen molar-refractivity contribution in [1.82, 2.24) is 10.2 Å². The first kappa shape index (κ1) is 9.13. The molecule has 1 N–H and O–H groups in total. The quantitative estimate of drug-likeness (QED) is 0.620. The highest BCUT2D eigenvalue weighted by molar-refractivity contribution is 4.97. The normalized spacial score (nSPS) is 48.6. The SMILES string of the molecule is C[C@H]1CCOC2CCC3NCCN3C21. The van der Waals surface area contributed by atoms with Gasteiger partial charge in [-0.25, -0.2) is 0 Å². The van der Waals surface area contributed by atoms with Gasteiger partial charge in [0.15, 0.2) is 0 Å². The van der Waals surface area contributed by atoms with Crippen LogP contribution in [-0.2, 0) is 4.74 Å². The molecule has 0 spiro atoms. The van der Waals surface area contributed by atoms with E-state index in [1.54, 1.807) is 0 Å². The summed E-state index contributed by atoms with van der Waals surface area (Å²) in [6.45, 7) is 5.76. The van der Waals surface area contributed by atoms with Gasteiger partial charge in [0.05, 0.1) is 12.3 Å². The standard InChI is InChI=1S/C11H20N2O/c1-8-4-7-14-9-2-3-10-12-5-6-13(10)11(8)9/h8-12H,2-7H2,1H3/t8-,9?,10?,11?/m0/s1. The number of rotatable bonds is 0. The maximum Gasteiger partial charge on any atom is 0.0734 e. The second-order valence-corrected chi connectivity index (χ2v) is 4.95. The van der Waals surface area contributed by atoms with E-state index in [0.29, 0.717) is 18.3 Å². The van der Waals surface area contributed by atoms with E-state index in [1.165, 1.54) is 32.4 Å². The van der Waals surface area contributed by atoms with Crippen molar-refractivity contribution in [3.05, 3.63) is 0 Å². The highest BCUT2D eigenvalue weighted by Gasteiger charge is 2.44. The molecular weight excluding hydrogens is 176 g/mol. The van der Waals surface area contributed by atoms with Gasteiger partial charge < -0.3 is 10.1 Å². The van der Waals surface area contributed by atoms with Crippen molar-refractivity contribution in [2.75, 3.05) is 19.7 Å². The van der Waals surface area contributed by atoms with E-state index in [4.69, 9.17) is 4.74 Å². The molecule has 0 bridgehead atoms. The third-order valence-corrected chi connectivity index (χ3v) is 4.13. The van der Waals surface area contributed by atoms with E-state index in [1.807, 2.05) is 0 Å². The van der Waals surface area contributed by atoms with Crippen molar-refractivity contribution in [2.24, 2.45) is 5.92 Å². The largest absolute Gasteiger partial charge is 0.377 e. The second kappa shape index (κ2) is 3.47. The summed E-state index contributed by atoms with van der Waals surface area (Å²) < 4.78 is 5.89. The van der Waals surface area contributed by atoms with Gasteiger partial charge in [0.25, 0.3) is 0 Å². The van der Waals surface area contributed by atoms with Crippen molar-refractivity contribution in [3.8, 4) is 0 Å². The molecular formula is C11H20N2O. The summed E-state index contributed by atoms with van der Waals surface area (Å²) in [6, 6.07) is 0.692. The smallest absolute Gasteiger partial charge is 0.0734 e. The van der Waals surface area contributed by atoms with E-state index >= 15 is 0 Å². The Kier molecular flexibility index (Phi) is 2.26. The highest BCUT2D eigenvalue weighted by atomic mass is 16.5. The van der Waals surface area contributed by atoms with Crippen LogP contribution in [0.3, 0.4) is 0 Å². The van der Waals surface area contributed by atoms with Gasteiger partial charge in [-0.2, -0.15) is 0 Å². The lowest BCUT2D eigenvalue weighted by Crippen LogP contribution is -2.58. The average molecular weight is 196 g/mol. The first-order valence-electron chi connectivity index (χ1n) is 5.97. The second-order valence-electron chi connectivity index (χ2n) is 4.95. The molecule has 80 valence electrons. The van der Waals surface area contributed by atoms with Crippen LogP contribution in [0.15, 0.2) is 0 Å². The Bertz CT molecular complexity index is 221.